The molecule has 2 N–H and O–H groups in total. The van der Waals surface area contributed by atoms with E-state index >= 15 is 0 Å². The lowest BCUT2D eigenvalue weighted by Crippen LogP contribution is -2.22. The quantitative estimate of drug-likeness (QED) is 0.675. The second kappa shape index (κ2) is 8.92. The van der Waals surface area contributed by atoms with Gasteiger partial charge in [-0.15, -0.1) is 0 Å². The predicted molar refractivity (Wildman–Crippen MR) is 105 cm³/mol. The molecule has 144 valence electrons. The summed E-state index contributed by atoms with van der Waals surface area (Å²) in [5.41, 5.74) is 6.28. The van der Waals surface area contributed by atoms with Crippen LogP contribution in [0.4, 0.5) is 0 Å². The van der Waals surface area contributed by atoms with Crippen molar-refractivity contribution in [2.75, 3.05) is 13.7 Å². The maximum atomic E-state index is 12.7. The van der Waals surface area contributed by atoms with Crippen LogP contribution in [0, 0.1) is 0 Å². The molecule has 0 saturated carbocycles. The maximum Gasteiger partial charge on any atom is 0.260 e. The standard InChI is InChI=1S/C19H20ClNO5S/c1-3-26-16-9-6-14(10-17(16)25-2)11-18(19(21)22)27(23,24)12-13-4-7-15(20)8-5-13/h4-11H,3,12H2,1-2H3,(H2,21,22)/b18-11-. The zero-order valence-electron chi connectivity index (χ0n) is 14.9. The van der Waals surface area contributed by atoms with Crippen LogP contribution in [0.5, 0.6) is 11.5 Å². The van der Waals surface area contributed by atoms with E-state index in [1.807, 2.05) is 6.92 Å². The van der Waals surface area contributed by atoms with Gasteiger partial charge in [-0.3, -0.25) is 4.79 Å². The molecule has 6 nitrogen and oxygen atoms in total. The van der Waals surface area contributed by atoms with Crippen LogP contribution in [0.25, 0.3) is 6.08 Å². The highest BCUT2D eigenvalue weighted by Crippen LogP contribution is 2.29. The van der Waals surface area contributed by atoms with E-state index in [0.717, 1.165) is 0 Å². The van der Waals surface area contributed by atoms with Gasteiger partial charge in [0.05, 0.1) is 19.5 Å². The highest BCUT2D eigenvalue weighted by molar-refractivity contribution is 7.95. The predicted octanol–water partition coefficient (Wildman–Crippen LogP) is 3.19. The van der Waals surface area contributed by atoms with E-state index in [9.17, 15) is 13.2 Å². The van der Waals surface area contributed by atoms with Crippen molar-refractivity contribution in [1.29, 1.82) is 0 Å². The number of rotatable bonds is 8. The molecular formula is C19H20ClNO5S. The lowest BCUT2D eigenvalue weighted by Gasteiger charge is -2.11. The molecule has 0 unspecified atom stereocenters. The number of methoxy groups -OCH3 is 1. The number of primary amides is 1. The van der Waals surface area contributed by atoms with E-state index in [4.69, 9.17) is 26.8 Å². The van der Waals surface area contributed by atoms with Crippen LogP contribution in [0.1, 0.15) is 18.1 Å². The molecule has 0 aliphatic rings. The summed E-state index contributed by atoms with van der Waals surface area (Å²) in [6, 6.07) is 11.2. The SMILES string of the molecule is CCOc1ccc(/C=C(/C(N)=O)S(=O)(=O)Cc2ccc(Cl)cc2)cc1OC. The first kappa shape index (κ1) is 20.8. The van der Waals surface area contributed by atoms with Gasteiger partial charge in [-0.1, -0.05) is 29.8 Å². The van der Waals surface area contributed by atoms with E-state index in [2.05, 4.69) is 0 Å². The summed E-state index contributed by atoms with van der Waals surface area (Å²) in [4.78, 5) is 11.3. The molecular weight excluding hydrogens is 390 g/mol. The monoisotopic (exact) mass is 409 g/mol. The summed E-state index contributed by atoms with van der Waals surface area (Å²) in [6.07, 6.45) is 1.23. The van der Waals surface area contributed by atoms with Crippen LogP contribution in [-0.2, 0) is 20.4 Å². The van der Waals surface area contributed by atoms with E-state index in [0.29, 0.717) is 34.3 Å². The average Bonchev–Trinajstić information content (AvgIpc) is 2.62. The maximum absolute atomic E-state index is 12.7. The fourth-order valence-corrected chi connectivity index (χ4v) is 3.93. The molecule has 0 aliphatic heterocycles. The van der Waals surface area contributed by atoms with Gasteiger partial charge >= 0.3 is 0 Å². The minimum Gasteiger partial charge on any atom is -0.493 e. The number of amides is 1. The Balaban J connectivity index is 2.41. The number of ether oxygens (including phenoxy) is 2. The Morgan fingerprint density at radius 1 is 1.15 bits per heavy atom. The summed E-state index contributed by atoms with van der Waals surface area (Å²) in [5.74, 6) is -0.462. The molecule has 0 spiro atoms. The van der Waals surface area contributed by atoms with Crippen molar-refractivity contribution < 1.29 is 22.7 Å². The van der Waals surface area contributed by atoms with Crippen molar-refractivity contribution in [2.45, 2.75) is 12.7 Å². The minimum atomic E-state index is -3.95. The van der Waals surface area contributed by atoms with Crippen molar-refractivity contribution in [3.05, 3.63) is 63.5 Å². The Bertz CT molecular complexity index is 953. The van der Waals surface area contributed by atoms with Gasteiger partial charge in [0.25, 0.3) is 5.91 Å². The Morgan fingerprint density at radius 2 is 1.81 bits per heavy atom. The normalized spacial score (nSPS) is 11.9. The average molecular weight is 410 g/mol. The van der Waals surface area contributed by atoms with Gasteiger partial charge in [0.15, 0.2) is 21.3 Å². The first-order chi connectivity index (χ1) is 12.8. The summed E-state index contributed by atoms with van der Waals surface area (Å²) in [6.45, 7) is 2.29. The second-order valence-corrected chi connectivity index (χ2v) is 8.00. The van der Waals surface area contributed by atoms with Crippen molar-refractivity contribution >= 4 is 33.4 Å². The van der Waals surface area contributed by atoms with Gasteiger partial charge < -0.3 is 15.2 Å². The van der Waals surface area contributed by atoms with Gasteiger partial charge in [-0.2, -0.15) is 0 Å². The Kier molecular flexibility index (Phi) is 6.87. The Morgan fingerprint density at radius 3 is 2.37 bits per heavy atom. The number of carbonyl (C=O) groups is 1. The van der Waals surface area contributed by atoms with Crippen LogP contribution < -0.4 is 15.2 Å². The first-order valence-electron chi connectivity index (χ1n) is 8.06. The molecule has 0 radical (unpaired) electrons. The lowest BCUT2D eigenvalue weighted by molar-refractivity contribution is -0.113. The fourth-order valence-electron chi connectivity index (χ4n) is 2.39. The molecule has 0 bridgehead atoms. The van der Waals surface area contributed by atoms with E-state index < -0.39 is 20.6 Å². The molecule has 0 atom stereocenters. The smallest absolute Gasteiger partial charge is 0.260 e. The van der Waals surface area contributed by atoms with Crippen LogP contribution in [0.3, 0.4) is 0 Å². The van der Waals surface area contributed by atoms with Gasteiger partial charge in [-0.25, -0.2) is 8.42 Å². The van der Waals surface area contributed by atoms with Crippen LogP contribution in [-0.4, -0.2) is 28.0 Å². The van der Waals surface area contributed by atoms with Gasteiger partial charge in [0.2, 0.25) is 0 Å². The number of hydrogen-bond donors (Lipinski definition) is 1. The molecule has 0 aliphatic carbocycles. The number of halogens is 1. The third kappa shape index (κ3) is 5.48. The zero-order valence-corrected chi connectivity index (χ0v) is 16.5. The molecule has 0 saturated heterocycles. The lowest BCUT2D eigenvalue weighted by atomic mass is 10.2. The number of hydrogen-bond acceptors (Lipinski definition) is 5. The van der Waals surface area contributed by atoms with Crippen molar-refractivity contribution in [2.24, 2.45) is 5.73 Å². The number of nitrogens with two attached hydrogens (primary N) is 1. The molecule has 0 aromatic heterocycles. The van der Waals surface area contributed by atoms with Crippen LogP contribution in [0.15, 0.2) is 47.4 Å². The third-order valence-corrected chi connectivity index (χ3v) is 5.59. The first-order valence-corrected chi connectivity index (χ1v) is 10.1. The largest absolute Gasteiger partial charge is 0.493 e. The molecule has 2 aromatic rings. The molecule has 2 aromatic carbocycles. The van der Waals surface area contributed by atoms with E-state index in [1.165, 1.54) is 13.2 Å². The van der Waals surface area contributed by atoms with E-state index in [1.54, 1.807) is 42.5 Å². The van der Waals surface area contributed by atoms with Gasteiger partial charge in [0.1, 0.15) is 4.91 Å². The topological polar surface area (TPSA) is 95.7 Å². The Labute approximate surface area is 163 Å². The van der Waals surface area contributed by atoms with Crippen molar-refractivity contribution in [3.8, 4) is 11.5 Å². The van der Waals surface area contributed by atoms with E-state index in [-0.39, 0.29) is 5.75 Å². The summed E-state index contributed by atoms with van der Waals surface area (Å²) >= 11 is 5.81. The number of carbonyl (C=O) groups excluding carboxylic acids is 1. The molecule has 8 heteroatoms. The zero-order chi connectivity index (χ0) is 20.0. The summed E-state index contributed by atoms with van der Waals surface area (Å²) in [5, 5.41) is 0.489. The van der Waals surface area contributed by atoms with Crippen molar-refractivity contribution in [1.82, 2.24) is 0 Å². The summed E-state index contributed by atoms with van der Waals surface area (Å²) < 4.78 is 36.1. The van der Waals surface area contributed by atoms with Gasteiger partial charge in [-0.05, 0) is 48.4 Å². The van der Waals surface area contributed by atoms with Crippen LogP contribution >= 0.6 is 11.6 Å². The second-order valence-electron chi connectivity index (χ2n) is 5.60. The molecule has 1 amide bonds. The highest BCUT2D eigenvalue weighted by Gasteiger charge is 2.24. The summed E-state index contributed by atoms with van der Waals surface area (Å²) in [7, 11) is -2.48. The minimum absolute atomic E-state index is 0.368. The highest BCUT2D eigenvalue weighted by atomic mass is 35.5. The third-order valence-electron chi connectivity index (χ3n) is 3.63. The number of benzene rings is 2. The molecule has 2 rings (SSSR count). The number of sulfone groups is 1. The Hall–Kier alpha value is -2.51. The van der Waals surface area contributed by atoms with Crippen molar-refractivity contribution in [3.63, 3.8) is 0 Å². The van der Waals surface area contributed by atoms with Gasteiger partial charge in [0, 0.05) is 5.02 Å². The fraction of sp³-hybridized carbons (Fsp3) is 0.211. The molecule has 0 fully saturated rings. The molecule has 0 heterocycles. The van der Waals surface area contributed by atoms with Crippen LogP contribution in [0.2, 0.25) is 5.02 Å². The molecule has 27 heavy (non-hydrogen) atoms.